The molecular weight excluding hydrogens is 242 g/mol. The van der Waals surface area contributed by atoms with Gasteiger partial charge >= 0.3 is 0 Å². The van der Waals surface area contributed by atoms with Crippen molar-refractivity contribution in [1.82, 2.24) is 10.3 Å². The van der Waals surface area contributed by atoms with Crippen LogP contribution in [0, 0.1) is 5.92 Å². The van der Waals surface area contributed by atoms with Crippen molar-refractivity contribution in [3.63, 3.8) is 0 Å². The molecule has 0 aromatic carbocycles. The van der Waals surface area contributed by atoms with E-state index in [2.05, 4.69) is 43.4 Å². The SMILES string of the molecule is CCCNC(C)c1csc(N(C)C(C)C2CC2)n1. The summed E-state index contributed by atoms with van der Waals surface area (Å²) < 4.78 is 0. The fourth-order valence-corrected chi connectivity index (χ4v) is 3.15. The van der Waals surface area contributed by atoms with Crippen molar-refractivity contribution < 1.29 is 0 Å². The van der Waals surface area contributed by atoms with Crippen molar-refractivity contribution in [3.8, 4) is 0 Å². The van der Waals surface area contributed by atoms with E-state index in [1.54, 1.807) is 11.3 Å². The van der Waals surface area contributed by atoms with E-state index in [9.17, 15) is 0 Å². The molecule has 0 saturated heterocycles. The van der Waals surface area contributed by atoms with Crippen LogP contribution in [0.5, 0.6) is 0 Å². The average molecular weight is 267 g/mol. The maximum absolute atomic E-state index is 4.78. The molecule has 0 spiro atoms. The lowest BCUT2D eigenvalue weighted by Gasteiger charge is -2.24. The van der Waals surface area contributed by atoms with Gasteiger partial charge in [-0.1, -0.05) is 6.92 Å². The van der Waals surface area contributed by atoms with Crippen LogP contribution in [0.4, 0.5) is 5.13 Å². The lowest BCUT2D eigenvalue weighted by atomic mass is 10.2. The van der Waals surface area contributed by atoms with E-state index in [4.69, 9.17) is 4.98 Å². The van der Waals surface area contributed by atoms with Gasteiger partial charge in [0.2, 0.25) is 0 Å². The van der Waals surface area contributed by atoms with Crippen LogP contribution in [0.3, 0.4) is 0 Å². The van der Waals surface area contributed by atoms with Crippen molar-refractivity contribution in [3.05, 3.63) is 11.1 Å². The van der Waals surface area contributed by atoms with Crippen molar-refractivity contribution in [1.29, 1.82) is 0 Å². The molecule has 2 atom stereocenters. The van der Waals surface area contributed by atoms with Crippen molar-refractivity contribution in [2.24, 2.45) is 5.92 Å². The summed E-state index contributed by atoms with van der Waals surface area (Å²) in [6, 6.07) is 0.988. The summed E-state index contributed by atoms with van der Waals surface area (Å²) >= 11 is 1.77. The zero-order chi connectivity index (χ0) is 13.1. The van der Waals surface area contributed by atoms with Crippen LogP contribution >= 0.6 is 11.3 Å². The summed E-state index contributed by atoms with van der Waals surface area (Å²) in [6.07, 6.45) is 3.94. The van der Waals surface area contributed by atoms with Gasteiger partial charge in [0.1, 0.15) is 0 Å². The molecule has 1 aromatic rings. The molecule has 0 amide bonds. The average Bonchev–Trinajstić information content (AvgIpc) is 3.11. The maximum atomic E-state index is 4.78. The normalized spacial score (nSPS) is 18.7. The molecule has 0 aliphatic heterocycles. The van der Waals surface area contributed by atoms with Crippen molar-refractivity contribution in [2.75, 3.05) is 18.5 Å². The van der Waals surface area contributed by atoms with E-state index < -0.39 is 0 Å². The van der Waals surface area contributed by atoms with E-state index in [1.165, 1.54) is 25.0 Å². The Hall–Kier alpha value is -0.610. The third-order valence-electron chi connectivity index (χ3n) is 3.87. The van der Waals surface area contributed by atoms with E-state index in [0.717, 1.165) is 17.6 Å². The molecule has 1 N–H and O–H groups in total. The van der Waals surface area contributed by atoms with Crippen LogP contribution < -0.4 is 10.2 Å². The Labute approximate surface area is 115 Å². The fraction of sp³-hybridized carbons (Fsp3) is 0.786. The van der Waals surface area contributed by atoms with Gasteiger partial charge in [0.05, 0.1) is 5.69 Å². The van der Waals surface area contributed by atoms with E-state index in [1.807, 2.05) is 0 Å². The van der Waals surface area contributed by atoms with Gasteiger partial charge in [-0.15, -0.1) is 11.3 Å². The third-order valence-corrected chi connectivity index (χ3v) is 4.82. The molecule has 18 heavy (non-hydrogen) atoms. The molecular formula is C14H25N3S. The molecule has 3 nitrogen and oxygen atoms in total. The molecule has 0 radical (unpaired) electrons. The predicted molar refractivity (Wildman–Crippen MR) is 79.4 cm³/mol. The fourth-order valence-electron chi connectivity index (χ4n) is 2.17. The molecule has 2 unspecified atom stereocenters. The smallest absolute Gasteiger partial charge is 0.185 e. The number of nitrogens with one attached hydrogen (secondary N) is 1. The minimum Gasteiger partial charge on any atom is -0.348 e. The number of hydrogen-bond donors (Lipinski definition) is 1. The Bertz CT molecular complexity index is 373. The van der Waals surface area contributed by atoms with Gasteiger partial charge in [0.15, 0.2) is 5.13 Å². The molecule has 1 aromatic heterocycles. The number of hydrogen-bond acceptors (Lipinski definition) is 4. The van der Waals surface area contributed by atoms with Gasteiger partial charge in [0.25, 0.3) is 0 Å². The monoisotopic (exact) mass is 267 g/mol. The highest BCUT2D eigenvalue weighted by molar-refractivity contribution is 7.13. The highest BCUT2D eigenvalue weighted by atomic mass is 32.1. The lowest BCUT2D eigenvalue weighted by molar-refractivity contribution is 0.558. The molecule has 102 valence electrons. The number of nitrogens with zero attached hydrogens (tertiary/aromatic N) is 2. The number of anilines is 1. The Morgan fingerprint density at radius 3 is 2.83 bits per heavy atom. The van der Waals surface area contributed by atoms with E-state index in [-0.39, 0.29) is 0 Å². The highest BCUT2D eigenvalue weighted by Gasteiger charge is 2.31. The zero-order valence-electron chi connectivity index (χ0n) is 11.9. The second-order valence-corrected chi connectivity index (χ2v) is 6.26. The molecule has 1 saturated carbocycles. The summed E-state index contributed by atoms with van der Waals surface area (Å²) in [4.78, 5) is 7.12. The van der Waals surface area contributed by atoms with Crippen molar-refractivity contribution in [2.45, 2.75) is 52.1 Å². The first kappa shape index (κ1) is 13.8. The van der Waals surface area contributed by atoms with Gasteiger partial charge in [-0.05, 0) is 45.6 Å². The van der Waals surface area contributed by atoms with Crippen LogP contribution in [-0.2, 0) is 0 Å². The molecule has 1 aliphatic carbocycles. The molecule has 2 rings (SSSR count). The highest BCUT2D eigenvalue weighted by Crippen LogP contribution is 2.37. The molecule has 1 aliphatic rings. The van der Waals surface area contributed by atoms with Crippen LogP contribution in [0.2, 0.25) is 0 Å². The molecule has 1 heterocycles. The zero-order valence-corrected chi connectivity index (χ0v) is 12.8. The van der Waals surface area contributed by atoms with Gasteiger partial charge in [-0.2, -0.15) is 0 Å². The Balaban J connectivity index is 1.95. The van der Waals surface area contributed by atoms with Crippen LogP contribution in [0.15, 0.2) is 5.38 Å². The van der Waals surface area contributed by atoms with Gasteiger partial charge < -0.3 is 10.2 Å². The summed E-state index contributed by atoms with van der Waals surface area (Å²) in [5.41, 5.74) is 1.18. The quantitative estimate of drug-likeness (QED) is 0.820. The lowest BCUT2D eigenvalue weighted by Crippen LogP contribution is -2.30. The van der Waals surface area contributed by atoms with Crippen LogP contribution in [0.1, 0.15) is 51.8 Å². The summed E-state index contributed by atoms with van der Waals surface area (Å²) in [5.74, 6) is 0.887. The van der Waals surface area contributed by atoms with Gasteiger partial charge in [0, 0.05) is 24.5 Å². The van der Waals surface area contributed by atoms with Gasteiger partial charge in [-0.3, -0.25) is 0 Å². The van der Waals surface area contributed by atoms with Gasteiger partial charge in [-0.25, -0.2) is 4.98 Å². The van der Waals surface area contributed by atoms with E-state index in [0.29, 0.717) is 12.1 Å². The molecule has 4 heteroatoms. The Morgan fingerprint density at radius 1 is 1.50 bits per heavy atom. The topological polar surface area (TPSA) is 28.2 Å². The van der Waals surface area contributed by atoms with E-state index >= 15 is 0 Å². The summed E-state index contributed by atoms with van der Waals surface area (Å²) in [7, 11) is 2.18. The number of thiazole rings is 1. The second-order valence-electron chi connectivity index (χ2n) is 5.42. The largest absolute Gasteiger partial charge is 0.348 e. The van der Waals surface area contributed by atoms with Crippen LogP contribution in [0.25, 0.3) is 0 Å². The second kappa shape index (κ2) is 6.02. The number of rotatable bonds is 7. The summed E-state index contributed by atoms with van der Waals surface area (Å²) in [5, 5.41) is 6.85. The standard InChI is InChI=1S/C14H25N3S/c1-5-8-15-10(2)13-9-18-14(16-13)17(4)11(3)12-6-7-12/h9-12,15H,5-8H2,1-4H3. The minimum atomic E-state index is 0.361. The first-order chi connectivity index (χ1) is 8.63. The maximum Gasteiger partial charge on any atom is 0.185 e. The first-order valence-corrected chi connectivity index (χ1v) is 7.93. The molecule has 0 bridgehead atoms. The molecule has 1 fully saturated rings. The summed E-state index contributed by atoms with van der Waals surface area (Å²) in [6.45, 7) is 7.76. The Kier molecular flexibility index (Phi) is 4.62. The van der Waals surface area contributed by atoms with Crippen molar-refractivity contribution >= 4 is 16.5 Å². The third kappa shape index (κ3) is 3.23. The number of aromatic nitrogens is 1. The predicted octanol–water partition coefficient (Wildman–Crippen LogP) is 3.44. The van der Waals surface area contributed by atoms with Crippen LogP contribution in [-0.4, -0.2) is 24.6 Å². The Morgan fingerprint density at radius 2 is 2.22 bits per heavy atom. The minimum absolute atomic E-state index is 0.361. The first-order valence-electron chi connectivity index (χ1n) is 7.05.